The Hall–Kier alpha value is -1.73. The average Bonchev–Trinajstić information content (AvgIpc) is 2.66. The van der Waals surface area contributed by atoms with Crippen LogP contribution in [0.15, 0.2) is 16.5 Å². The number of esters is 1. The second-order valence-electron chi connectivity index (χ2n) is 2.50. The first-order valence-corrected chi connectivity index (χ1v) is 4.15. The van der Waals surface area contributed by atoms with Crippen LogP contribution >= 0.6 is 0 Å². The first kappa shape index (κ1) is 10.4. The second kappa shape index (κ2) is 5.10. The average molecular weight is 193 g/mol. The molecule has 1 rings (SSSR count). The third-order valence-electron chi connectivity index (χ3n) is 1.47. The number of ether oxygens (including phenoxy) is 1. The van der Waals surface area contributed by atoms with Crippen LogP contribution in [-0.4, -0.2) is 19.6 Å². The van der Waals surface area contributed by atoms with E-state index in [-0.39, 0.29) is 5.76 Å². The standard InChI is InChI=1S/C10H11NO3/c1-13-10(12)9-6-5-8(14-9)4-2-3-7-11/h5-6H,3,7,11H2,1H3. The molecule has 1 aromatic rings. The van der Waals surface area contributed by atoms with Crippen molar-refractivity contribution in [1.29, 1.82) is 0 Å². The number of hydrogen-bond donors (Lipinski definition) is 1. The van der Waals surface area contributed by atoms with Crippen LogP contribution in [0.3, 0.4) is 0 Å². The molecular formula is C10H11NO3. The summed E-state index contributed by atoms with van der Waals surface area (Å²) in [5.41, 5.74) is 5.26. The summed E-state index contributed by atoms with van der Waals surface area (Å²) in [6, 6.07) is 3.15. The van der Waals surface area contributed by atoms with Gasteiger partial charge >= 0.3 is 5.97 Å². The minimum Gasteiger partial charge on any atom is -0.463 e. The fraction of sp³-hybridized carbons (Fsp3) is 0.300. The highest BCUT2D eigenvalue weighted by molar-refractivity contribution is 5.86. The maximum Gasteiger partial charge on any atom is 0.374 e. The van der Waals surface area contributed by atoms with Gasteiger partial charge in [0.1, 0.15) is 0 Å². The van der Waals surface area contributed by atoms with E-state index in [4.69, 9.17) is 10.2 Å². The highest BCUT2D eigenvalue weighted by atomic mass is 16.5. The van der Waals surface area contributed by atoms with E-state index in [0.29, 0.717) is 18.7 Å². The van der Waals surface area contributed by atoms with Gasteiger partial charge in [-0.1, -0.05) is 5.92 Å². The highest BCUT2D eigenvalue weighted by Gasteiger charge is 2.09. The molecule has 14 heavy (non-hydrogen) atoms. The number of furan rings is 1. The van der Waals surface area contributed by atoms with Gasteiger partial charge in [0.2, 0.25) is 5.76 Å². The van der Waals surface area contributed by atoms with Gasteiger partial charge in [-0.05, 0) is 18.1 Å². The number of hydrogen-bond acceptors (Lipinski definition) is 4. The molecule has 74 valence electrons. The van der Waals surface area contributed by atoms with E-state index in [9.17, 15) is 4.79 Å². The van der Waals surface area contributed by atoms with Gasteiger partial charge < -0.3 is 14.9 Å². The van der Waals surface area contributed by atoms with Gasteiger partial charge in [-0.15, -0.1) is 0 Å². The molecule has 0 atom stereocenters. The van der Waals surface area contributed by atoms with E-state index in [1.807, 2.05) is 0 Å². The third-order valence-corrected chi connectivity index (χ3v) is 1.47. The molecule has 0 unspecified atom stereocenters. The van der Waals surface area contributed by atoms with Gasteiger partial charge in [0.25, 0.3) is 0 Å². The lowest BCUT2D eigenvalue weighted by atomic mass is 10.4. The van der Waals surface area contributed by atoms with E-state index in [0.717, 1.165) is 0 Å². The Balaban J connectivity index is 2.70. The van der Waals surface area contributed by atoms with Crippen molar-refractivity contribution in [3.63, 3.8) is 0 Å². The zero-order valence-corrected chi connectivity index (χ0v) is 7.87. The monoisotopic (exact) mass is 193 g/mol. The van der Waals surface area contributed by atoms with Crippen LogP contribution in [0.4, 0.5) is 0 Å². The maximum atomic E-state index is 11.0. The quantitative estimate of drug-likeness (QED) is 0.556. The Labute approximate surface area is 82.0 Å². The molecule has 0 aromatic carbocycles. The fourth-order valence-electron chi connectivity index (χ4n) is 0.837. The zero-order valence-electron chi connectivity index (χ0n) is 7.87. The molecule has 0 bridgehead atoms. The van der Waals surface area contributed by atoms with Crippen LogP contribution in [0.5, 0.6) is 0 Å². The summed E-state index contributed by atoms with van der Waals surface area (Å²) in [6.45, 7) is 0.511. The van der Waals surface area contributed by atoms with Crippen molar-refractivity contribution in [2.75, 3.05) is 13.7 Å². The van der Waals surface area contributed by atoms with Gasteiger partial charge in [-0.3, -0.25) is 0 Å². The van der Waals surface area contributed by atoms with E-state index in [2.05, 4.69) is 16.6 Å². The van der Waals surface area contributed by atoms with Gasteiger partial charge in [-0.25, -0.2) is 4.79 Å². The summed E-state index contributed by atoms with van der Waals surface area (Å²) in [4.78, 5) is 11.0. The minimum atomic E-state index is -0.503. The van der Waals surface area contributed by atoms with Crippen LogP contribution in [0.1, 0.15) is 22.7 Å². The first-order chi connectivity index (χ1) is 6.77. The zero-order chi connectivity index (χ0) is 10.4. The summed E-state index contributed by atoms with van der Waals surface area (Å²) in [7, 11) is 1.30. The Morgan fingerprint density at radius 3 is 3.07 bits per heavy atom. The van der Waals surface area contributed by atoms with Gasteiger partial charge in [-0.2, -0.15) is 0 Å². The Morgan fingerprint density at radius 1 is 1.64 bits per heavy atom. The molecule has 1 heterocycles. The molecular weight excluding hydrogens is 182 g/mol. The normalized spacial score (nSPS) is 9.00. The molecule has 2 N–H and O–H groups in total. The number of carbonyl (C=O) groups is 1. The number of carbonyl (C=O) groups excluding carboxylic acids is 1. The number of methoxy groups -OCH3 is 1. The van der Waals surface area contributed by atoms with Gasteiger partial charge in [0.15, 0.2) is 5.76 Å². The molecule has 0 spiro atoms. The van der Waals surface area contributed by atoms with Crippen molar-refractivity contribution in [3.8, 4) is 11.8 Å². The lowest BCUT2D eigenvalue weighted by Crippen LogP contribution is -1.98. The minimum absolute atomic E-state index is 0.157. The largest absolute Gasteiger partial charge is 0.463 e. The Morgan fingerprint density at radius 2 is 2.43 bits per heavy atom. The Kier molecular flexibility index (Phi) is 3.77. The number of nitrogens with two attached hydrogens (primary N) is 1. The fourth-order valence-corrected chi connectivity index (χ4v) is 0.837. The smallest absolute Gasteiger partial charge is 0.374 e. The Bertz CT molecular complexity index is 370. The molecule has 0 aliphatic carbocycles. The molecule has 0 fully saturated rings. The second-order valence-corrected chi connectivity index (χ2v) is 2.50. The molecule has 0 aliphatic heterocycles. The summed E-state index contributed by atoms with van der Waals surface area (Å²) in [5, 5.41) is 0. The molecule has 1 aromatic heterocycles. The molecule has 0 radical (unpaired) electrons. The van der Waals surface area contributed by atoms with Crippen LogP contribution in [-0.2, 0) is 4.74 Å². The summed E-state index contributed by atoms with van der Waals surface area (Å²) >= 11 is 0. The van der Waals surface area contributed by atoms with Crippen LogP contribution in [0.2, 0.25) is 0 Å². The van der Waals surface area contributed by atoms with Crippen molar-refractivity contribution < 1.29 is 13.9 Å². The molecule has 0 saturated carbocycles. The predicted octanol–water partition coefficient (Wildman–Crippen LogP) is 0.766. The molecule has 0 amide bonds. The highest BCUT2D eigenvalue weighted by Crippen LogP contribution is 2.07. The molecule has 0 saturated heterocycles. The third kappa shape index (κ3) is 2.64. The summed E-state index contributed by atoms with van der Waals surface area (Å²) < 4.78 is 9.57. The van der Waals surface area contributed by atoms with E-state index in [1.165, 1.54) is 13.2 Å². The van der Waals surface area contributed by atoms with Crippen molar-refractivity contribution in [2.45, 2.75) is 6.42 Å². The molecule has 4 heteroatoms. The first-order valence-electron chi connectivity index (χ1n) is 4.15. The van der Waals surface area contributed by atoms with Crippen LogP contribution < -0.4 is 5.73 Å². The summed E-state index contributed by atoms with van der Waals surface area (Å²) in [6.07, 6.45) is 0.605. The van der Waals surface area contributed by atoms with Crippen molar-refractivity contribution in [3.05, 3.63) is 23.7 Å². The van der Waals surface area contributed by atoms with Gasteiger partial charge in [0, 0.05) is 13.0 Å². The number of rotatable bonds is 2. The van der Waals surface area contributed by atoms with Crippen molar-refractivity contribution in [1.82, 2.24) is 0 Å². The molecule has 4 nitrogen and oxygen atoms in total. The van der Waals surface area contributed by atoms with Crippen molar-refractivity contribution in [2.24, 2.45) is 5.73 Å². The predicted molar refractivity (Wildman–Crippen MR) is 50.6 cm³/mol. The topological polar surface area (TPSA) is 65.5 Å². The maximum absolute atomic E-state index is 11.0. The summed E-state index contributed by atoms with van der Waals surface area (Å²) in [5.74, 6) is 5.64. The van der Waals surface area contributed by atoms with Gasteiger partial charge in [0.05, 0.1) is 7.11 Å². The van der Waals surface area contributed by atoms with Crippen LogP contribution in [0, 0.1) is 11.8 Å². The van der Waals surface area contributed by atoms with Crippen molar-refractivity contribution >= 4 is 5.97 Å². The SMILES string of the molecule is COC(=O)c1ccc(C#CCCN)o1. The lowest BCUT2D eigenvalue weighted by Gasteiger charge is -1.90. The van der Waals surface area contributed by atoms with E-state index in [1.54, 1.807) is 6.07 Å². The molecule has 0 aliphatic rings. The van der Waals surface area contributed by atoms with Crippen LogP contribution in [0.25, 0.3) is 0 Å². The van der Waals surface area contributed by atoms with E-state index < -0.39 is 5.97 Å². The van der Waals surface area contributed by atoms with E-state index >= 15 is 0 Å². The lowest BCUT2D eigenvalue weighted by molar-refractivity contribution is 0.0564.